The van der Waals surface area contributed by atoms with Crippen LogP contribution in [-0.2, 0) is 15.7 Å². The fourth-order valence-electron chi connectivity index (χ4n) is 7.46. The zero-order chi connectivity index (χ0) is 42.0. The van der Waals surface area contributed by atoms with Gasteiger partial charge in [0.25, 0.3) is 18.3 Å². The molecule has 3 saturated heterocycles. The Kier molecular flexibility index (Phi) is 22.5. The number of piperazine rings is 1. The van der Waals surface area contributed by atoms with Crippen molar-refractivity contribution in [3.05, 3.63) is 94.0 Å². The van der Waals surface area contributed by atoms with Crippen LogP contribution in [0, 0.1) is 5.92 Å². The summed E-state index contributed by atoms with van der Waals surface area (Å²) in [6, 6.07) is 16.5. The topological polar surface area (TPSA) is 73.4 Å². The number of fused-ring (bicyclic) bond motifs is 1. The second kappa shape index (κ2) is 25.8. The average Bonchev–Trinajstić information content (AvgIpc) is 3.24. The summed E-state index contributed by atoms with van der Waals surface area (Å²) in [7, 11) is 0. The minimum Gasteiger partial charge on any atom is -0.468 e. The molecule has 0 unspecified atom stereocenters. The summed E-state index contributed by atoms with van der Waals surface area (Å²) in [6.07, 6.45) is 1.42. The standard InChI is InChI=1S/C36H43F3N4O2.C4H7Cl.C3H6O2.C2H6.H2S/c1-2-40-17-13-26(14-18-40)25-41-21-23-43(24-22-41)34(44)29-11-9-27(10-12-29)28-15-19-42(20-16-28)35(45)32-7-3-6-31-30(32)5-4-8-33(31)36(37,38)39;1-3-4(2)5;1-2-5-3-4;1-2;/h3-12,26,28H,2,13-25H2,1H3;3H,1-2H3;3H,2H2,1H3;1-2H3;1H2/b;4-3+;;;. The summed E-state index contributed by atoms with van der Waals surface area (Å²) in [5.74, 6) is 0.871. The number of benzene rings is 3. The van der Waals surface area contributed by atoms with Gasteiger partial charge in [-0.25, -0.2) is 0 Å². The van der Waals surface area contributed by atoms with Crippen LogP contribution in [-0.4, -0.2) is 110 Å². The minimum atomic E-state index is -4.49. The third kappa shape index (κ3) is 14.9. The zero-order valence-electron chi connectivity index (χ0n) is 35.1. The molecule has 322 valence electrons. The number of ether oxygens (including phenoxy) is 1. The first-order valence-corrected chi connectivity index (χ1v) is 20.8. The van der Waals surface area contributed by atoms with Crippen molar-refractivity contribution in [3.8, 4) is 0 Å². The van der Waals surface area contributed by atoms with Crippen LogP contribution < -0.4 is 0 Å². The summed E-state index contributed by atoms with van der Waals surface area (Å²) in [5, 5.41) is 1.23. The van der Waals surface area contributed by atoms with Gasteiger partial charge in [0, 0.05) is 62.0 Å². The van der Waals surface area contributed by atoms with E-state index in [-0.39, 0.29) is 36.6 Å². The average molecular weight is 850 g/mol. The summed E-state index contributed by atoms with van der Waals surface area (Å²) in [6.45, 7) is 21.8. The van der Waals surface area contributed by atoms with Gasteiger partial charge in [-0.15, -0.1) is 0 Å². The third-order valence-electron chi connectivity index (χ3n) is 10.8. The molecule has 0 aromatic heterocycles. The van der Waals surface area contributed by atoms with Crippen molar-refractivity contribution in [1.82, 2.24) is 19.6 Å². The third-order valence-corrected chi connectivity index (χ3v) is 11.1. The molecule has 3 aromatic rings. The molecule has 8 nitrogen and oxygen atoms in total. The van der Waals surface area contributed by atoms with Gasteiger partial charge >= 0.3 is 6.18 Å². The summed E-state index contributed by atoms with van der Waals surface area (Å²) in [4.78, 5) is 44.7. The molecule has 58 heavy (non-hydrogen) atoms. The molecule has 3 aliphatic heterocycles. The van der Waals surface area contributed by atoms with Crippen molar-refractivity contribution >= 4 is 54.2 Å². The van der Waals surface area contributed by atoms with Crippen LogP contribution in [0.4, 0.5) is 13.2 Å². The fraction of sp³-hybridized carbons (Fsp3) is 0.533. The Morgan fingerprint density at radius 3 is 1.83 bits per heavy atom. The van der Waals surface area contributed by atoms with Crippen LogP contribution in [0.5, 0.6) is 0 Å². The van der Waals surface area contributed by atoms with E-state index in [4.69, 9.17) is 11.6 Å². The van der Waals surface area contributed by atoms with Crippen LogP contribution in [0.3, 0.4) is 0 Å². The van der Waals surface area contributed by atoms with Crippen LogP contribution in [0.25, 0.3) is 10.8 Å². The highest BCUT2D eigenvalue weighted by atomic mass is 35.5. The fourth-order valence-corrected chi connectivity index (χ4v) is 7.46. The number of rotatable bonds is 8. The molecular weight excluding hydrogens is 785 g/mol. The number of halogens is 4. The molecule has 13 heteroatoms. The van der Waals surface area contributed by atoms with Crippen molar-refractivity contribution < 1.29 is 32.3 Å². The second-order valence-electron chi connectivity index (χ2n) is 14.3. The van der Waals surface area contributed by atoms with E-state index in [9.17, 15) is 27.6 Å². The van der Waals surface area contributed by atoms with E-state index in [0.29, 0.717) is 42.7 Å². The smallest absolute Gasteiger partial charge is 0.417 e. The normalized spacial score (nSPS) is 17.0. The van der Waals surface area contributed by atoms with Crippen molar-refractivity contribution in [1.29, 1.82) is 0 Å². The van der Waals surface area contributed by atoms with Gasteiger partial charge in [-0.1, -0.05) is 74.8 Å². The number of piperidine rings is 2. The monoisotopic (exact) mass is 848 g/mol. The van der Waals surface area contributed by atoms with Gasteiger partial charge in [0.05, 0.1) is 12.2 Å². The van der Waals surface area contributed by atoms with Crippen molar-refractivity contribution in [2.24, 2.45) is 5.92 Å². The maximum Gasteiger partial charge on any atom is 0.417 e. The Balaban J connectivity index is 0.000000790. The number of likely N-dealkylation sites (tertiary alicyclic amines) is 2. The van der Waals surface area contributed by atoms with Crippen LogP contribution in [0.2, 0.25) is 0 Å². The lowest BCUT2D eigenvalue weighted by atomic mass is 9.88. The molecule has 0 saturated carbocycles. The number of hydrogen-bond acceptors (Lipinski definition) is 6. The molecule has 3 heterocycles. The lowest BCUT2D eigenvalue weighted by Crippen LogP contribution is -2.50. The van der Waals surface area contributed by atoms with Crippen LogP contribution in [0.1, 0.15) is 105 Å². The van der Waals surface area contributed by atoms with E-state index in [2.05, 4.69) is 21.5 Å². The molecule has 2 amide bonds. The van der Waals surface area contributed by atoms with E-state index >= 15 is 0 Å². The second-order valence-corrected chi connectivity index (χ2v) is 14.9. The first-order chi connectivity index (χ1) is 27.4. The maximum absolute atomic E-state index is 13.6. The highest BCUT2D eigenvalue weighted by Gasteiger charge is 2.33. The predicted molar refractivity (Wildman–Crippen MR) is 235 cm³/mol. The molecule has 0 spiro atoms. The molecule has 3 aliphatic rings. The highest BCUT2D eigenvalue weighted by Crippen LogP contribution is 2.36. The van der Waals surface area contributed by atoms with Gasteiger partial charge in [0.15, 0.2) is 0 Å². The first kappa shape index (κ1) is 50.6. The van der Waals surface area contributed by atoms with E-state index in [1.54, 1.807) is 24.0 Å². The van der Waals surface area contributed by atoms with Gasteiger partial charge < -0.3 is 19.4 Å². The molecule has 0 aliphatic carbocycles. The number of nitrogens with zero attached hydrogens (tertiary/aromatic N) is 4. The molecule has 0 bridgehead atoms. The van der Waals surface area contributed by atoms with E-state index in [1.165, 1.54) is 44.1 Å². The van der Waals surface area contributed by atoms with Gasteiger partial charge in [-0.05, 0) is 119 Å². The highest BCUT2D eigenvalue weighted by molar-refractivity contribution is 7.59. The van der Waals surface area contributed by atoms with Crippen LogP contribution >= 0.6 is 25.1 Å². The number of carbonyl (C=O) groups excluding carboxylic acids is 3. The number of alkyl halides is 3. The van der Waals surface area contributed by atoms with Gasteiger partial charge in [-0.3, -0.25) is 19.3 Å². The van der Waals surface area contributed by atoms with Crippen molar-refractivity contribution in [2.45, 2.75) is 79.3 Å². The zero-order valence-corrected chi connectivity index (χ0v) is 36.9. The minimum absolute atomic E-state index is 0. The molecule has 0 N–H and O–H groups in total. The van der Waals surface area contributed by atoms with Crippen LogP contribution in [0.15, 0.2) is 71.8 Å². The molecule has 0 atom stereocenters. The Hall–Kier alpha value is -3.58. The van der Waals surface area contributed by atoms with E-state index in [0.717, 1.165) is 74.7 Å². The van der Waals surface area contributed by atoms with Crippen molar-refractivity contribution in [2.75, 3.05) is 72.1 Å². The van der Waals surface area contributed by atoms with Gasteiger partial charge in [0.1, 0.15) is 0 Å². The molecule has 3 aromatic carbocycles. The SMILES string of the molecule is C/C=C(\C)Cl.CC.CCN1CCC(CN2CCN(C(=O)c3ccc(C4CCN(C(=O)c5cccc6c(C(F)(F)F)cccc56)CC4)cc3)CC2)CC1.CCOC=O.S. The number of hydrogen-bond donors (Lipinski definition) is 0. The lowest BCUT2D eigenvalue weighted by Gasteiger charge is -2.38. The molecular formula is C45H64ClF3N4O4S. The molecule has 6 rings (SSSR count). The number of allylic oxidation sites excluding steroid dienone is 2. The summed E-state index contributed by atoms with van der Waals surface area (Å²) < 4.78 is 44.8. The number of carbonyl (C=O) groups is 3. The number of amides is 2. The quantitative estimate of drug-likeness (QED) is 0.210. The largest absolute Gasteiger partial charge is 0.468 e. The predicted octanol–water partition coefficient (Wildman–Crippen LogP) is 9.84. The lowest BCUT2D eigenvalue weighted by molar-refractivity contribution is -0.136. The van der Waals surface area contributed by atoms with E-state index in [1.807, 2.05) is 62.9 Å². The Bertz CT molecular complexity index is 1720. The summed E-state index contributed by atoms with van der Waals surface area (Å²) >= 11 is 5.32. The maximum atomic E-state index is 13.6. The summed E-state index contributed by atoms with van der Waals surface area (Å²) in [5.41, 5.74) is 1.44. The Morgan fingerprint density at radius 1 is 0.776 bits per heavy atom. The molecule has 0 radical (unpaired) electrons. The van der Waals surface area contributed by atoms with Crippen molar-refractivity contribution in [3.63, 3.8) is 0 Å². The van der Waals surface area contributed by atoms with E-state index < -0.39 is 11.7 Å². The van der Waals surface area contributed by atoms with Gasteiger partial charge in [-0.2, -0.15) is 26.7 Å². The first-order valence-electron chi connectivity index (χ1n) is 20.5. The Labute approximate surface area is 356 Å². The Morgan fingerprint density at radius 2 is 1.33 bits per heavy atom. The van der Waals surface area contributed by atoms with Gasteiger partial charge in [0.2, 0.25) is 0 Å². The molecule has 3 fully saturated rings.